The molecule has 5 nitrogen and oxygen atoms in total. The van der Waals surface area contributed by atoms with Crippen LogP contribution in [0.2, 0.25) is 5.02 Å². The van der Waals surface area contributed by atoms with Crippen LogP contribution >= 0.6 is 11.6 Å². The van der Waals surface area contributed by atoms with Gasteiger partial charge in [0.15, 0.2) is 0 Å². The van der Waals surface area contributed by atoms with E-state index in [1.54, 1.807) is 18.2 Å². The fourth-order valence-electron chi connectivity index (χ4n) is 2.89. The first-order chi connectivity index (χ1) is 11.9. The van der Waals surface area contributed by atoms with Crippen molar-refractivity contribution in [1.29, 1.82) is 0 Å². The number of nitrogens with zero attached hydrogens (tertiary/aromatic N) is 2. The third-order valence-corrected chi connectivity index (χ3v) is 4.83. The van der Waals surface area contributed by atoms with E-state index in [0.717, 1.165) is 37.4 Å². The predicted octanol–water partition coefficient (Wildman–Crippen LogP) is 3.23. The molecule has 0 bridgehead atoms. The third kappa shape index (κ3) is 4.06. The Morgan fingerprint density at radius 2 is 1.76 bits per heavy atom. The predicted molar refractivity (Wildman–Crippen MR) is 105 cm³/mol. The number of carbonyl (C=O) groups excluding carboxylic acids is 1. The summed E-state index contributed by atoms with van der Waals surface area (Å²) in [4.78, 5) is 17.0. The molecule has 2 aromatic carbocycles. The molecule has 0 atom stereocenters. The SMILES string of the molecule is Cc1ccc(C(=O)Nc2cc(N3CCN(C)CC3)c(N)cc2Cl)cc1. The van der Waals surface area contributed by atoms with Gasteiger partial charge in [-0.15, -0.1) is 0 Å². The molecule has 1 saturated heterocycles. The van der Waals surface area contributed by atoms with E-state index >= 15 is 0 Å². The number of rotatable bonds is 3. The van der Waals surface area contributed by atoms with Gasteiger partial charge in [0.25, 0.3) is 5.91 Å². The summed E-state index contributed by atoms with van der Waals surface area (Å²) < 4.78 is 0. The molecule has 1 aliphatic heterocycles. The number of benzene rings is 2. The van der Waals surface area contributed by atoms with Crippen molar-refractivity contribution in [2.45, 2.75) is 6.92 Å². The Labute approximate surface area is 153 Å². The van der Waals surface area contributed by atoms with Gasteiger partial charge in [-0.25, -0.2) is 0 Å². The molecule has 1 fully saturated rings. The number of carbonyl (C=O) groups is 1. The van der Waals surface area contributed by atoms with Crippen LogP contribution in [0.4, 0.5) is 17.1 Å². The van der Waals surface area contributed by atoms with Crippen LogP contribution in [-0.2, 0) is 0 Å². The molecule has 1 aliphatic rings. The molecular weight excluding hydrogens is 336 g/mol. The minimum absolute atomic E-state index is 0.184. The van der Waals surface area contributed by atoms with Crippen molar-refractivity contribution >= 4 is 34.6 Å². The molecule has 132 valence electrons. The number of hydrogen-bond acceptors (Lipinski definition) is 4. The van der Waals surface area contributed by atoms with E-state index in [4.69, 9.17) is 17.3 Å². The van der Waals surface area contributed by atoms with Gasteiger partial charge in [0.1, 0.15) is 0 Å². The highest BCUT2D eigenvalue weighted by atomic mass is 35.5. The maximum Gasteiger partial charge on any atom is 0.255 e. The number of nitrogen functional groups attached to an aromatic ring is 1. The molecule has 0 aromatic heterocycles. The Bertz CT molecular complexity index is 768. The number of anilines is 3. The lowest BCUT2D eigenvalue weighted by molar-refractivity contribution is 0.102. The van der Waals surface area contributed by atoms with Gasteiger partial charge in [-0.2, -0.15) is 0 Å². The van der Waals surface area contributed by atoms with Crippen molar-refractivity contribution in [1.82, 2.24) is 4.90 Å². The summed E-state index contributed by atoms with van der Waals surface area (Å²) in [6.45, 7) is 5.74. The number of likely N-dealkylation sites (N-methyl/N-ethyl adjacent to an activating group) is 1. The van der Waals surface area contributed by atoms with Crippen LogP contribution in [0, 0.1) is 6.92 Å². The standard InChI is InChI=1S/C19H23ClN4O/c1-13-3-5-14(6-4-13)19(25)22-17-12-18(16(21)11-15(17)20)24-9-7-23(2)8-10-24/h3-6,11-12H,7-10,21H2,1-2H3,(H,22,25). The molecule has 6 heteroatoms. The second kappa shape index (κ2) is 7.33. The molecule has 0 aliphatic carbocycles. The minimum atomic E-state index is -0.184. The van der Waals surface area contributed by atoms with Crippen molar-refractivity contribution in [3.8, 4) is 0 Å². The Hall–Kier alpha value is -2.24. The van der Waals surface area contributed by atoms with Crippen LogP contribution in [0.3, 0.4) is 0 Å². The van der Waals surface area contributed by atoms with Gasteiger partial charge in [-0.3, -0.25) is 4.79 Å². The number of nitrogens with one attached hydrogen (secondary N) is 1. The highest BCUT2D eigenvalue weighted by Gasteiger charge is 2.19. The lowest BCUT2D eigenvalue weighted by Crippen LogP contribution is -2.44. The van der Waals surface area contributed by atoms with Crippen molar-refractivity contribution < 1.29 is 4.79 Å². The van der Waals surface area contributed by atoms with E-state index in [1.807, 2.05) is 25.1 Å². The van der Waals surface area contributed by atoms with Crippen molar-refractivity contribution in [2.75, 3.05) is 49.2 Å². The molecule has 3 N–H and O–H groups in total. The van der Waals surface area contributed by atoms with Gasteiger partial charge in [0, 0.05) is 31.7 Å². The second-order valence-corrected chi connectivity index (χ2v) is 6.91. The highest BCUT2D eigenvalue weighted by Crippen LogP contribution is 2.34. The third-order valence-electron chi connectivity index (χ3n) is 4.52. The molecule has 0 radical (unpaired) electrons. The highest BCUT2D eigenvalue weighted by molar-refractivity contribution is 6.34. The van der Waals surface area contributed by atoms with Gasteiger partial charge in [0.2, 0.25) is 0 Å². The number of amides is 1. The topological polar surface area (TPSA) is 61.6 Å². The normalized spacial score (nSPS) is 15.2. The van der Waals surface area contributed by atoms with E-state index in [1.165, 1.54) is 0 Å². The second-order valence-electron chi connectivity index (χ2n) is 6.50. The maximum atomic E-state index is 12.5. The molecule has 3 rings (SSSR count). The van der Waals surface area contributed by atoms with Gasteiger partial charge in [-0.1, -0.05) is 29.3 Å². The van der Waals surface area contributed by atoms with E-state index in [0.29, 0.717) is 22.0 Å². The number of piperazine rings is 1. The first kappa shape index (κ1) is 17.6. The molecule has 0 unspecified atom stereocenters. The quantitative estimate of drug-likeness (QED) is 0.827. The molecule has 0 spiro atoms. The number of aryl methyl sites for hydroxylation is 1. The molecule has 25 heavy (non-hydrogen) atoms. The molecule has 1 heterocycles. The van der Waals surface area contributed by atoms with E-state index in [-0.39, 0.29) is 5.91 Å². The van der Waals surface area contributed by atoms with E-state index in [9.17, 15) is 4.79 Å². The van der Waals surface area contributed by atoms with Crippen LogP contribution in [0.25, 0.3) is 0 Å². The van der Waals surface area contributed by atoms with Crippen LogP contribution in [-0.4, -0.2) is 44.0 Å². The molecule has 0 saturated carbocycles. The molecule has 2 aromatic rings. The van der Waals surface area contributed by atoms with Crippen LogP contribution < -0.4 is 16.0 Å². The zero-order chi connectivity index (χ0) is 18.0. The summed E-state index contributed by atoms with van der Waals surface area (Å²) >= 11 is 6.30. The fraction of sp³-hybridized carbons (Fsp3) is 0.316. The number of nitrogens with two attached hydrogens (primary N) is 1. The molecule has 1 amide bonds. The Balaban J connectivity index is 1.82. The zero-order valence-electron chi connectivity index (χ0n) is 14.6. The van der Waals surface area contributed by atoms with Crippen LogP contribution in [0.5, 0.6) is 0 Å². The summed E-state index contributed by atoms with van der Waals surface area (Å²) in [6, 6.07) is 11.0. The summed E-state index contributed by atoms with van der Waals surface area (Å²) in [7, 11) is 2.11. The molecular formula is C19H23ClN4O. The van der Waals surface area contributed by atoms with Gasteiger partial charge in [0.05, 0.1) is 22.1 Å². The van der Waals surface area contributed by atoms with E-state index in [2.05, 4.69) is 22.2 Å². The minimum Gasteiger partial charge on any atom is -0.397 e. The average molecular weight is 359 g/mol. The average Bonchev–Trinajstić information content (AvgIpc) is 2.59. The van der Waals surface area contributed by atoms with Crippen LogP contribution in [0.1, 0.15) is 15.9 Å². The lowest BCUT2D eigenvalue weighted by atomic mass is 10.1. The first-order valence-corrected chi connectivity index (χ1v) is 8.72. The fourth-order valence-corrected chi connectivity index (χ4v) is 3.11. The van der Waals surface area contributed by atoms with Crippen molar-refractivity contribution in [3.05, 3.63) is 52.5 Å². The largest absolute Gasteiger partial charge is 0.397 e. The number of hydrogen-bond donors (Lipinski definition) is 2. The summed E-state index contributed by atoms with van der Waals surface area (Å²) in [5.74, 6) is -0.184. The summed E-state index contributed by atoms with van der Waals surface area (Å²) in [5.41, 5.74) is 9.99. The summed E-state index contributed by atoms with van der Waals surface area (Å²) in [5, 5.41) is 3.34. The smallest absolute Gasteiger partial charge is 0.255 e. The van der Waals surface area contributed by atoms with Crippen LogP contribution in [0.15, 0.2) is 36.4 Å². The Morgan fingerprint density at radius 1 is 1.12 bits per heavy atom. The van der Waals surface area contributed by atoms with Gasteiger partial charge < -0.3 is 20.9 Å². The Morgan fingerprint density at radius 3 is 2.40 bits per heavy atom. The van der Waals surface area contributed by atoms with E-state index < -0.39 is 0 Å². The lowest BCUT2D eigenvalue weighted by Gasteiger charge is -2.35. The van der Waals surface area contributed by atoms with Crippen molar-refractivity contribution in [3.63, 3.8) is 0 Å². The maximum absolute atomic E-state index is 12.5. The Kier molecular flexibility index (Phi) is 5.16. The van der Waals surface area contributed by atoms with Crippen molar-refractivity contribution in [2.24, 2.45) is 0 Å². The summed E-state index contributed by atoms with van der Waals surface area (Å²) in [6.07, 6.45) is 0. The zero-order valence-corrected chi connectivity index (χ0v) is 15.3. The first-order valence-electron chi connectivity index (χ1n) is 8.34. The monoisotopic (exact) mass is 358 g/mol. The van der Waals surface area contributed by atoms with Gasteiger partial charge >= 0.3 is 0 Å². The van der Waals surface area contributed by atoms with Gasteiger partial charge in [-0.05, 0) is 38.2 Å². The number of halogens is 1.